The molecular weight excluding hydrogens is 536 g/mol. The molecule has 0 radical (unpaired) electrons. The Morgan fingerprint density at radius 3 is 2.57 bits per heavy atom. The highest BCUT2D eigenvalue weighted by Crippen LogP contribution is 2.33. The standard InChI is InChI=1S/C33H50N2O7/c1-4-6-7-8-9-10-11-15-20-40-33(38)35(25(3)16-5-2)23-29(36)28(22-26-17-13-12-14-18-26)34-32(37)42-30-24-41-31-27(30)19-21-39-31/h4-5,12-14,17-18,25,27-31,36H,1-2,6-11,15-16,19-24H2,3H3,(H,34,37)/t25?,27-,28?,29?,30-,31+/m0/s1. The van der Waals surface area contributed by atoms with Gasteiger partial charge in [0.1, 0.15) is 6.10 Å². The van der Waals surface area contributed by atoms with E-state index < -0.39 is 30.4 Å². The Balaban J connectivity index is 1.57. The highest BCUT2D eigenvalue weighted by molar-refractivity contribution is 5.69. The summed E-state index contributed by atoms with van der Waals surface area (Å²) in [5.74, 6) is 0.00974. The van der Waals surface area contributed by atoms with E-state index in [0.717, 1.165) is 44.1 Å². The molecule has 9 heteroatoms. The first-order valence-corrected chi connectivity index (χ1v) is 15.5. The van der Waals surface area contributed by atoms with E-state index in [1.807, 2.05) is 43.3 Å². The van der Waals surface area contributed by atoms with Crippen molar-refractivity contribution in [1.82, 2.24) is 10.2 Å². The fourth-order valence-electron chi connectivity index (χ4n) is 5.49. The third kappa shape index (κ3) is 11.1. The number of aliphatic hydroxyl groups is 1. The number of fused-ring (bicyclic) bond motifs is 1. The number of nitrogens with one attached hydrogen (secondary N) is 1. The van der Waals surface area contributed by atoms with Gasteiger partial charge in [0.2, 0.25) is 0 Å². The Labute approximate surface area is 251 Å². The maximum Gasteiger partial charge on any atom is 0.410 e. The molecule has 0 spiro atoms. The van der Waals surface area contributed by atoms with Crippen LogP contribution in [0.25, 0.3) is 0 Å². The van der Waals surface area contributed by atoms with Crippen molar-refractivity contribution >= 4 is 12.2 Å². The summed E-state index contributed by atoms with van der Waals surface area (Å²) in [6, 6.07) is 8.65. The van der Waals surface area contributed by atoms with Gasteiger partial charge in [0.15, 0.2) is 6.29 Å². The molecule has 6 atom stereocenters. The lowest BCUT2D eigenvalue weighted by Gasteiger charge is -2.33. The highest BCUT2D eigenvalue weighted by atomic mass is 16.7. The van der Waals surface area contributed by atoms with Crippen molar-refractivity contribution < 1.29 is 33.6 Å². The Kier molecular flexibility index (Phi) is 14.9. The molecule has 2 aliphatic rings. The first kappa shape index (κ1) is 33.6. The molecule has 1 aromatic rings. The average molecular weight is 587 g/mol. The molecule has 0 saturated carbocycles. The van der Waals surface area contributed by atoms with Crippen LogP contribution < -0.4 is 5.32 Å². The monoisotopic (exact) mass is 586 g/mol. The number of amides is 2. The van der Waals surface area contributed by atoms with Gasteiger partial charge in [0, 0.05) is 6.04 Å². The number of hydrogen-bond acceptors (Lipinski definition) is 7. The van der Waals surface area contributed by atoms with E-state index >= 15 is 0 Å². The van der Waals surface area contributed by atoms with Crippen LogP contribution in [0, 0.1) is 5.92 Å². The summed E-state index contributed by atoms with van der Waals surface area (Å²) in [4.78, 5) is 27.7. The van der Waals surface area contributed by atoms with Crippen LogP contribution in [-0.2, 0) is 25.4 Å². The van der Waals surface area contributed by atoms with Crippen LogP contribution in [0.4, 0.5) is 9.59 Å². The fourth-order valence-corrected chi connectivity index (χ4v) is 5.49. The first-order chi connectivity index (χ1) is 20.4. The predicted molar refractivity (Wildman–Crippen MR) is 162 cm³/mol. The Morgan fingerprint density at radius 2 is 1.83 bits per heavy atom. The second kappa shape index (κ2) is 18.6. The molecule has 3 unspecified atom stereocenters. The Bertz CT molecular complexity index is 959. The summed E-state index contributed by atoms with van der Waals surface area (Å²) in [6.07, 6.45) is 9.91. The largest absolute Gasteiger partial charge is 0.449 e. The van der Waals surface area contributed by atoms with Gasteiger partial charge in [-0.3, -0.25) is 0 Å². The lowest BCUT2D eigenvalue weighted by Crippen LogP contribution is -2.53. The SMILES string of the molecule is C=CCCCCCCCCOC(=O)N(CC(O)C(Cc1ccccc1)NC(=O)O[C@H]1CO[C@H]2OCC[C@H]21)C(C)CC=C. The first-order valence-electron chi connectivity index (χ1n) is 15.5. The number of alkyl carbamates (subject to hydrolysis) is 1. The van der Waals surface area contributed by atoms with Gasteiger partial charge in [0.25, 0.3) is 0 Å². The van der Waals surface area contributed by atoms with Crippen LogP contribution in [0.2, 0.25) is 0 Å². The van der Waals surface area contributed by atoms with E-state index in [2.05, 4.69) is 18.5 Å². The molecule has 0 aliphatic carbocycles. The second-order valence-corrected chi connectivity index (χ2v) is 11.3. The van der Waals surface area contributed by atoms with Gasteiger partial charge in [-0.1, -0.05) is 68.2 Å². The van der Waals surface area contributed by atoms with Crippen molar-refractivity contribution in [3.8, 4) is 0 Å². The van der Waals surface area contributed by atoms with E-state index in [1.165, 1.54) is 17.7 Å². The fraction of sp³-hybridized carbons (Fsp3) is 0.636. The zero-order valence-corrected chi connectivity index (χ0v) is 25.2. The molecule has 234 valence electrons. The molecule has 2 fully saturated rings. The summed E-state index contributed by atoms with van der Waals surface area (Å²) in [6.45, 7) is 10.6. The van der Waals surface area contributed by atoms with Crippen molar-refractivity contribution in [2.45, 2.75) is 102 Å². The molecule has 2 heterocycles. The van der Waals surface area contributed by atoms with Crippen molar-refractivity contribution in [1.29, 1.82) is 0 Å². The lowest BCUT2D eigenvalue weighted by molar-refractivity contribution is -0.0907. The lowest BCUT2D eigenvalue weighted by atomic mass is 10.0. The number of hydrogen-bond donors (Lipinski definition) is 2. The van der Waals surface area contributed by atoms with Crippen LogP contribution in [0.3, 0.4) is 0 Å². The molecular formula is C33H50N2O7. The summed E-state index contributed by atoms with van der Waals surface area (Å²) in [7, 11) is 0. The van der Waals surface area contributed by atoms with Gasteiger partial charge in [-0.05, 0) is 51.0 Å². The highest BCUT2D eigenvalue weighted by Gasteiger charge is 2.44. The summed E-state index contributed by atoms with van der Waals surface area (Å²) in [5.41, 5.74) is 0.938. The number of unbranched alkanes of at least 4 members (excludes halogenated alkanes) is 6. The maximum absolute atomic E-state index is 13.2. The predicted octanol–water partition coefficient (Wildman–Crippen LogP) is 5.77. The third-order valence-corrected chi connectivity index (χ3v) is 8.00. The van der Waals surface area contributed by atoms with Crippen LogP contribution in [0.1, 0.15) is 70.3 Å². The second-order valence-electron chi connectivity index (χ2n) is 11.3. The van der Waals surface area contributed by atoms with Gasteiger partial charge in [-0.15, -0.1) is 13.2 Å². The van der Waals surface area contributed by atoms with Crippen molar-refractivity contribution in [2.75, 3.05) is 26.4 Å². The molecule has 2 aliphatic heterocycles. The number of rotatable bonds is 19. The number of carbonyl (C=O) groups is 2. The molecule has 2 saturated heterocycles. The molecule has 42 heavy (non-hydrogen) atoms. The van der Waals surface area contributed by atoms with Gasteiger partial charge >= 0.3 is 12.2 Å². The number of aliphatic hydroxyl groups excluding tert-OH is 1. The smallest absolute Gasteiger partial charge is 0.410 e. The van der Waals surface area contributed by atoms with E-state index in [-0.39, 0.29) is 31.4 Å². The molecule has 2 N–H and O–H groups in total. The summed E-state index contributed by atoms with van der Waals surface area (Å²) >= 11 is 0. The number of allylic oxidation sites excluding steroid dienone is 1. The number of ether oxygens (including phenoxy) is 4. The van der Waals surface area contributed by atoms with E-state index in [9.17, 15) is 14.7 Å². The summed E-state index contributed by atoms with van der Waals surface area (Å²) in [5, 5.41) is 14.3. The van der Waals surface area contributed by atoms with Crippen molar-refractivity contribution in [2.24, 2.45) is 5.92 Å². The van der Waals surface area contributed by atoms with Crippen LogP contribution in [-0.4, -0.2) is 79.1 Å². The van der Waals surface area contributed by atoms with Crippen LogP contribution >= 0.6 is 0 Å². The molecule has 1 aromatic carbocycles. The minimum Gasteiger partial charge on any atom is -0.449 e. The minimum atomic E-state index is -1.07. The normalized spacial score (nSPS) is 21.5. The Morgan fingerprint density at radius 1 is 1.10 bits per heavy atom. The maximum atomic E-state index is 13.2. The molecule has 9 nitrogen and oxygen atoms in total. The van der Waals surface area contributed by atoms with E-state index in [1.54, 1.807) is 6.08 Å². The van der Waals surface area contributed by atoms with Gasteiger partial charge in [-0.25, -0.2) is 9.59 Å². The van der Waals surface area contributed by atoms with E-state index in [0.29, 0.717) is 26.1 Å². The zero-order chi connectivity index (χ0) is 30.2. The molecule has 0 bridgehead atoms. The zero-order valence-electron chi connectivity index (χ0n) is 25.2. The molecule has 2 amide bonds. The molecule has 0 aromatic heterocycles. The number of carbonyl (C=O) groups excluding carboxylic acids is 2. The van der Waals surface area contributed by atoms with Gasteiger partial charge in [-0.2, -0.15) is 0 Å². The third-order valence-electron chi connectivity index (χ3n) is 8.00. The molecule has 3 rings (SSSR count). The topological polar surface area (TPSA) is 107 Å². The van der Waals surface area contributed by atoms with Crippen LogP contribution in [0.15, 0.2) is 55.6 Å². The van der Waals surface area contributed by atoms with Crippen molar-refractivity contribution in [3.63, 3.8) is 0 Å². The Hall–Kier alpha value is -2.88. The van der Waals surface area contributed by atoms with Crippen molar-refractivity contribution in [3.05, 3.63) is 61.2 Å². The quantitative estimate of drug-likeness (QED) is 0.157. The van der Waals surface area contributed by atoms with E-state index in [4.69, 9.17) is 18.9 Å². The minimum absolute atomic E-state index is 0.00974. The van der Waals surface area contributed by atoms with Gasteiger partial charge in [0.05, 0.1) is 44.4 Å². The summed E-state index contributed by atoms with van der Waals surface area (Å²) < 4.78 is 22.4. The number of nitrogens with zero attached hydrogens (tertiary/aromatic N) is 1. The van der Waals surface area contributed by atoms with Gasteiger partial charge < -0.3 is 34.3 Å². The number of benzene rings is 1. The average Bonchev–Trinajstić information content (AvgIpc) is 3.60. The van der Waals surface area contributed by atoms with Crippen LogP contribution in [0.5, 0.6) is 0 Å².